The van der Waals surface area contributed by atoms with Crippen molar-refractivity contribution in [1.29, 1.82) is 0 Å². The van der Waals surface area contributed by atoms with E-state index in [2.05, 4.69) is 43.0 Å². The Morgan fingerprint density at radius 1 is 1.21 bits per heavy atom. The van der Waals surface area contributed by atoms with Gasteiger partial charge in [0.25, 0.3) is 0 Å². The number of nitrogens with two attached hydrogens (primary N) is 1. The van der Waals surface area contributed by atoms with Gasteiger partial charge in [-0.25, -0.2) is 0 Å². The van der Waals surface area contributed by atoms with E-state index in [0.29, 0.717) is 12.0 Å². The quantitative estimate of drug-likeness (QED) is 0.886. The number of hydrogen-bond acceptors (Lipinski definition) is 3. The highest BCUT2D eigenvalue weighted by Crippen LogP contribution is 2.18. The highest BCUT2D eigenvalue weighted by atomic mass is 16.5. The zero-order valence-corrected chi connectivity index (χ0v) is 12.1. The van der Waals surface area contributed by atoms with E-state index in [4.69, 9.17) is 10.5 Å². The molecule has 0 bridgehead atoms. The zero-order valence-electron chi connectivity index (χ0n) is 12.1. The van der Waals surface area contributed by atoms with Crippen LogP contribution in [0.4, 0.5) is 0 Å². The van der Waals surface area contributed by atoms with Crippen LogP contribution in [0.2, 0.25) is 0 Å². The average Bonchev–Trinajstić information content (AvgIpc) is 2.41. The molecule has 0 unspecified atom stereocenters. The van der Waals surface area contributed by atoms with E-state index in [1.807, 2.05) is 0 Å². The van der Waals surface area contributed by atoms with Crippen molar-refractivity contribution in [1.82, 2.24) is 4.90 Å². The fourth-order valence-corrected chi connectivity index (χ4v) is 2.42. The molecule has 0 spiro atoms. The molecule has 1 saturated heterocycles. The number of benzene rings is 1. The first-order valence-electron chi connectivity index (χ1n) is 7.36. The Morgan fingerprint density at radius 3 is 2.42 bits per heavy atom. The standard InChI is InChI=1S/C16H26N2O/c1-13(2)14-3-5-16(6-4-14)19-12-11-18-9-7-15(17)8-10-18/h3-6,13,15H,7-12,17H2,1-2H3. The van der Waals surface area contributed by atoms with Crippen LogP contribution in [-0.4, -0.2) is 37.2 Å². The average molecular weight is 262 g/mol. The van der Waals surface area contributed by atoms with Crippen molar-refractivity contribution in [2.24, 2.45) is 5.73 Å². The van der Waals surface area contributed by atoms with E-state index in [1.54, 1.807) is 0 Å². The molecule has 3 heteroatoms. The summed E-state index contributed by atoms with van der Waals surface area (Å²) in [6.07, 6.45) is 2.23. The minimum absolute atomic E-state index is 0.403. The van der Waals surface area contributed by atoms with Crippen molar-refractivity contribution in [3.05, 3.63) is 29.8 Å². The summed E-state index contributed by atoms with van der Waals surface area (Å²) >= 11 is 0. The van der Waals surface area contributed by atoms with Crippen molar-refractivity contribution < 1.29 is 4.74 Å². The molecule has 0 amide bonds. The smallest absolute Gasteiger partial charge is 0.119 e. The van der Waals surface area contributed by atoms with Gasteiger partial charge in [0.2, 0.25) is 0 Å². The van der Waals surface area contributed by atoms with Crippen molar-refractivity contribution in [3.63, 3.8) is 0 Å². The molecular weight excluding hydrogens is 236 g/mol. The van der Waals surface area contributed by atoms with Crippen molar-refractivity contribution in [2.75, 3.05) is 26.2 Å². The first kappa shape index (κ1) is 14.4. The lowest BCUT2D eigenvalue weighted by Crippen LogP contribution is -2.41. The van der Waals surface area contributed by atoms with Crippen LogP contribution in [0.25, 0.3) is 0 Å². The fraction of sp³-hybridized carbons (Fsp3) is 0.625. The molecule has 1 fully saturated rings. The molecule has 0 atom stereocenters. The molecule has 2 rings (SSSR count). The van der Waals surface area contributed by atoms with Gasteiger partial charge in [0.15, 0.2) is 0 Å². The lowest BCUT2D eigenvalue weighted by atomic mass is 10.0. The van der Waals surface area contributed by atoms with Crippen LogP contribution in [-0.2, 0) is 0 Å². The normalized spacial score (nSPS) is 17.9. The number of likely N-dealkylation sites (tertiary alicyclic amines) is 1. The van der Waals surface area contributed by atoms with Crippen LogP contribution in [0.5, 0.6) is 5.75 Å². The van der Waals surface area contributed by atoms with Crippen LogP contribution in [0.15, 0.2) is 24.3 Å². The van der Waals surface area contributed by atoms with E-state index in [0.717, 1.165) is 44.8 Å². The van der Waals surface area contributed by atoms with E-state index in [9.17, 15) is 0 Å². The predicted octanol–water partition coefficient (Wildman–Crippen LogP) is 2.61. The van der Waals surface area contributed by atoms with E-state index < -0.39 is 0 Å². The summed E-state index contributed by atoms with van der Waals surface area (Å²) < 4.78 is 5.80. The van der Waals surface area contributed by atoms with E-state index >= 15 is 0 Å². The molecular formula is C16H26N2O. The summed E-state index contributed by atoms with van der Waals surface area (Å²) in [6.45, 7) is 8.39. The highest BCUT2D eigenvalue weighted by molar-refractivity contribution is 5.28. The third-order valence-electron chi connectivity index (χ3n) is 3.86. The third kappa shape index (κ3) is 4.51. The maximum atomic E-state index is 5.90. The summed E-state index contributed by atoms with van der Waals surface area (Å²) in [6, 6.07) is 8.85. The fourth-order valence-electron chi connectivity index (χ4n) is 2.42. The topological polar surface area (TPSA) is 38.5 Å². The lowest BCUT2D eigenvalue weighted by molar-refractivity contribution is 0.174. The Balaban J connectivity index is 1.70. The van der Waals surface area contributed by atoms with E-state index in [1.165, 1.54) is 5.56 Å². The molecule has 1 aliphatic heterocycles. The number of hydrogen-bond donors (Lipinski definition) is 1. The Hall–Kier alpha value is -1.06. The molecule has 0 radical (unpaired) electrons. The molecule has 1 aromatic rings. The van der Waals surface area contributed by atoms with Gasteiger partial charge in [0.1, 0.15) is 12.4 Å². The zero-order chi connectivity index (χ0) is 13.7. The predicted molar refractivity (Wildman–Crippen MR) is 79.7 cm³/mol. The van der Waals surface area contributed by atoms with Gasteiger partial charge in [0.05, 0.1) is 0 Å². The number of ether oxygens (including phenoxy) is 1. The molecule has 0 saturated carbocycles. The maximum Gasteiger partial charge on any atom is 0.119 e. The lowest BCUT2D eigenvalue weighted by Gasteiger charge is -2.29. The molecule has 1 heterocycles. The maximum absolute atomic E-state index is 5.90. The van der Waals surface area contributed by atoms with Gasteiger partial charge in [0, 0.05) is 12.6 Å². The Morgan fingerprint density at radius 2 is 1.84 bits per heavy atom. The van der Waals surface area contributed by atoms with E-state index in [-0.39, 0.29) is 0 Å². The number of rotatable bonds is 5. The molecule has 1 aromatic carbocycles. The first-order chi connectivity index (χ1) is 9.15. The monoisotopic (exact) mass is 262 g/mol. The first-order valence-corrected chi connectivity index (χ1v) is 7.36. The minimum atomic E-state index is 0.403. The summed E-state index contributed by atoms with van der Waals surface area (Å²) in [5.74, 6) is 1.55. The molecule has 106 valence electrons. The summed E-state index contributed by atoms with van der Waals surface area (Å²) in [7, 11) is 0. The minimum Gasteiger partial charge on any atom is -0.492 e. The second kappa shape index (κ2) is 6.92. The van der Waals surface area contributed by atoms with Crippen molar-refractivity contribution in [3.8, 4) is 5.75 Å². The third-order valence-corrected chi connectivity index (χ3v) is 3.86. The van der Waals surface area contributed by atoms with Gasteiger partial charge < -0.3 is 10.5 Å². The highest BCUT2D eigenvalue weighted by Gasteiger charge is 2.15. The van der Waals surface area contributed by atoms with Crippen molar-refractivity contribution >= 4 is 0 Å². The van der Waals surface area contributed by atoms with Crippen LogP contribution in [0.1, 0.15) is 38.2 Å². The molecule has 1 aliphatic rings. The van der Waals surface area contributed by atoms with Crippen LogP contribution in [0, 0.1) is 0 Å². The second-order valence-electron chi connectivity index (χ2n) is 5.75. The van der Waals surface area contributed by atoms with Crippen LogP contribution in [0.3, 0.4) is 0 Å². The largest absolute Gasteiger partial charge is 0.492 e. The van der Waals surface area contributed by atoms with Gasteiger partial charge in [-0.15, -0.1) is 0 Å². The van der Waals surface area contributed by atoms with Gasteiger partial charge >= 0.3 is 0 Å². The Bertz CT molecular complexity index is 367. The molecule has 19 heavy (non-hydrogen) atoms. The van der Waals surface area contributed by atoms with Crippen LogP contribution >= 0.6 is 0 Å². The Kier molecular flexibility index (Phi) is 5.23. The van der Waals surface area contributed by atoms with Gasteiger partial charge in [-0.1, -0.05) is 26.0 Å². The summed E-state index contributed by atoms with van der Waals surface area (Å²) in [5.41, 5.74) is 7.26. The van der Waals surface area contributed by atoms with Gasteiger partial charge in [-0.3, -0.25) is 4.90 Å². The van der Waals surface area contributed by atoms with Crippen LogP contribution < -0.4 is 10.5 Å². The number of piperidine rings is 1. The van der Waals surface area contributed by atoms with Crippen molar-refractivity contribution in [2.45, 2.75) is 38.6 Å². The van der Waals surface area contributed by atoms with Gasteiger partial charge in [-0.2, -0.15) is 0 Å². The summed E-state index contributed by atoms with van der Waals surface area (Å²) in [5, 5.41) is 0. The second-order valence-corrected chi connectivity index (χ2v) is 5.75. The molecule has 3 nitrogen and oxygen atoms in total. The van der Waals surface area contributed by atoms with Gasteiger partial charge in [-0.05, 0) is 49.5 Å². The molecule has 2 N–H and O–H groups in total. The summed E-state index contributed by atoms with van der Waals surface area (Å²) in [4.78, 5) is 2.44. The Labute approximate surface area is 116 Å². The molecule has 0 aliphatic carbocycles. The number of nitrogens with zero attached hydrogens (tertiary/aromatic N) is 1. The SMILES string of the molecule is CC(C)c1ccc(OCCN2CCC(N)CC2)cc1. The molecule has 0 aromatic heterocycles.